The van der Waals surface area contributed by atoms with E-state index in [0.29, 0.717) is 25.6 Å². The molecule has 0 rings (SSSR count). The predicted octanol–water partition coefficient (Wildman–Crippen LogP) is 2.09. The summed E-state index contributed by atoms with van der Waals surface area (Å²) < 4.78 is 10.3. The highest BCUT2D eigenvalue weighted by atomic mass is 16.6. The van der Waals surface area contributed by atoms with Crippen LogP contribution in [0.3, 0.4) is 0 Å². The molecule has 1 atom stereocenters. The highest BCUT2D eigenvalue weighted by molar-refractivity contribution is 5.65. The van der Waals surface area contributed by atoms with Gasteiger partial charge in [0.15, 0.2) is 0 Å². The van der Waals surface area contributed by atoms with Crippen LogP contribution in [0.15, 0.2) is 12.7 Å². The molecule has 0 aliphatic carbocycles. The van der Waals surface area contributed by atoms with Crippen LogP contribution in [-0.4, -0.2) is 24.9 Å². The first-order valence-electron chi connectivity index (χ1n) is 5.04. The zero-order valence-electron chi connectivity index (χ0n) is 9.79. The molecule has 15 heavy (non-hydrogen) atoms. The van der Waals surface area contributed by atoms with E-state index in [0.717, 1.165) is 0 Å². The maximum Gasteiger partial charge on any atom is 0.405 e. The highest BCUT2D eigenvalue weighted by Gasteiger charge is 2.24. The Kier molecular flexibility index (Phi) is 6.01. The smallest absolute Gasteiger partial charge is 0.405 e. The van der Waals surface area contributed by atoms with Gasteiger partial charge < -0.3 is 15.2 Å². The fourth-order valence-electron chi connectivity index (χ4n) is 1.56. The lowest BCUT2D eigenvalue weighted by atomic mass is 9.95. The van der Waals surface area contributed by atoms with Crippen molar-refractivity contribution in [2.45, 2.75) is 32.8 Å². The average molecular weight is 215 g/mol. The lowest BCUT2D eigenvalue weighted by molar-refractivity contribution is 0.0144. The van der Waals surface area contributed by atoms with Crippen molar-refractivity contribution in [2.75, 3.05) is 13.2 Å². The maximum atomic E-state index is 10.6. The number of amides is 1. The minimum atomic E-state index is -0.737. The topological polar surface area (TPSA) is 61.6 Å². The van der Waals surface area contributed by atoms with Crippen LogP contribution in [0.1, 0.15) is 27.2 Å². The Hall–Kier alpha value is -1.03. The second kappa shape index (κ2) is 6.45. The molecule has 4 heteroatoms. The van der Waals surface area contributed by atoms with Crippen molar-refractivity contribution in [3.8, 4) is 0 Å². The van der Waals surface area contributed by atoms with Gasteiger partial charge in [-0.05, 0) is 26.2 Å². The molecular formula is C11H21NO3. The molecule has 0 aliphatic heterocycles. The summed E-state index contributed by atoms with van der Waals surface area (Å²) in [5, 5.41) is 0. The molecule has 0 saturated heterocycles. The van der Waals surface area contributed by atoms with Crippen LogP contribution >= 0.6 is 0 Å². The van der Waals surface area contributed by atoms with Crippen LogP contribution < -0.4 is 5.73 Å². The fourth-order valence-corrected chi connectivity index (χ4v) is 1.56. The Morgan fingerprint density at radius 3 is 2.67 bits per heavy atom. The first kappa shape index (κ1) is 14.0. The molecule has 0 aliphatic rings. The first-order chi connectivity index (χ1) is 6.87. The van der Waals surface area contributed by atoms with E-state index in [1.807, 2.05) is 20.8 Å². The Morgan fingerprint density at radius 1 is 1.60 bits per heavy atom. The monoisotopic (exact) mass is 215 g/mol. The van der Waals surface area contributed by atoms with Crippen molar-refractivity contribution < 1.29 is 14.3 Å². The molecule has 0 aromatic carbocycles. The summed E-state index contributed by atoms with van der Waals surface area (Å²) in [4.78, 5) is 10.6. The quantitative estimate of drug-likeness (QED) is 0.522. The van der Waals surface area contributed by atoms with Gasteiger partial charge >= 0.3 is 6.09 Å². The van der Waals surface area contributed by atoms with Crippen molar-refractivity contribution in [1.29, 1.82) is 0 Å². The summed E-state index contributed by atoms with van der Waals surface area (Å²) in [5.74, 6) is 0.305. The van der Waals surface area contributed by atoms with Crippen LogP contribution in [0.2, 0.25) is 0 Å². The summed E-state index contributed by atoms with van der Waals surface area (Å²) in [6.45, 7) is 10.4. The van der Waals surface area contributed by atoms with Crippen LogP contribution in [0.25, 0.3) is 0 Å². The van der Waals surface area contributed by atoms with Crippen molar-refractivity contribution >= 4 is 6.09 Å². The Balaban J connectivity index is 3.86. The molecule has 88 valence electrons. The summed E-state index contributed by atoms with van der Waals surface area (Å²) >= 11 is 0. The van der Waals surface area contributed by atoms with Crippen molar-refractivity contribution in [3.63, 3.8) is 0 Å². The number of hydrogen-bond donors (Lipinski definition) is 1. The molecule has 1 amide bonds. The lowest BCUT2D eigenvalue weighted by Crippen LogP contribution is -2.33. The molecule has 0 unspecified atom stereocenters. The molecule has 0 saturated carbocycles. The number of nitrogens with two attached hydrogens (primary N) is 1. The van der Waals surface area contributed by atoms with Gasteiger partial charge in [0.2, 0.25) is 0 Å². The van der Waals surface area contributed by atoms with E-state index in [-0.39, 0.29) is 0 Å². The zero-order valence-corrected chi connectivity index (χ0v) is 9.79. The summed E-state index contributed by atoms with van der Waals surface area (Å²) in [7, 11) is 0. The van der Waals surface area contributed by atoms with Gasteiger partial charge in [0.25, 0.3) is 0 Å². The molecule has 4 nitrogen and oxygen atoms in total. The fraction of sp³-hybridized carbons (Fsp3) is 0.727. The van der Waals surface area contributed by atoms with Gasteiger partial charge in [0, 0.05) is 6.61 Å². The van der Waals surface area contributed by atoms with Crippen LogP contribution in [0.4, 0.5) is 4.79 Å². The van der Waals surface area contributed by atoms with E-state index in [1.165, 1.54) is 0 Å². The van der Waals surface area contributed by atoms with Gasteiger partial charge in [0.05, 0.1) is 6.61 Å². The molecule has 0 fully saturated rings. The van der Waals surface area contributed by atoms with Crippen molar-refractivity contribution in [3.05, 3.63) is 12.7 Å². The van der Waals surface area contributed by atoms with Gasteiger partial charge in [-0.3, -0.25) is 0 Å². The largest absolute Gasteiger partial charge is 0.444 e. The molecule has 0 heterocycles. The van der Waals surface area contributed by atoms with Crippen LogP contribution in [0.5, 0.6) is 0 Å². The second-order valence-electron chi connectivity index (χ2n) is 4.32. The van der Waals surface area contributed by atoms with E-state index in [4.69, 9.17) is 15.2 Å². The molecule has 0 bridgehead atoms. The van der Waals surface area contributed by atoms with E-state index in [1.54, 1.807) is 6.08 Å². The molecule has 2 N–H and O–H groups in total. The number of carbonyl (C=O) groups is 1. The summed E-state index contributed by atoms with van der Waals surface area (Å²) in [6, 6.07) is 0. The van der Waals surface area contributed by atoms with E-state index < -0.39 is 11.7 Å². The number of ether oxygens (including phenoxy) is 2. The number of carbonyl (C=O) groups excluding carboxylic acids is 1. The van der Waals surface area contributed by atoms with Gasteiger partial charge in [-0.25, -0.2) is 4.79 Å². The van der Waals surface area contributed by atoms with Crippen molar-refractivity contribution in [1.82, 2.24) is 0 Å². The Morgan fingerprint density at radius 2 is 2.20 bits per heavy atom. The maximum absolute atomic E-state index is 10.6. The van der Waals surface area contributed by atoms with Crippen LogP contribution in [-0.2, 0) is 9.47 Å². The van der Waals surface area contributed by atoms with Gasteiger partial charge in [0.1, 0.15) is 5.60 Å². The number of primary amides is 1. The SMILES string of the molecule is C=CCOC[C@H](C)CC(C)(C)OC(N)=O. The number of rotatable bonds is 7. The predicted molar refractivity (Wildman–Crippen MR) is 59.5 cm³/mol. The second-order valence-corrected chi connectivity index (χ2v) is 4.32. The highest BCUT2D eigenvalue weighted by Crippen LogP contribution is 2.20. The Bertz CT molecular complexity index is 214. The molecule has 0 aromatic heterocycles. The first-order valence-corrected chi connectivity index (χ1v) is 5.04. The summed E-state index contributed by atoms with van der Waals surface area (Å²) in [6.07, 6.45) is 1.68. The normalized spacial score (nSPS) is 13.3. The lowest BCUT2D eigenvalue weighted by Gasteiger charge is -2.27. The van der Waals surface area contributed by atoms with Crippen LogP contribution in [0, 0.1) is 5.92 Å². The number of hydrogen-bond acceptors (Lipinski definition) is 3. The van der Waals surface area contributed by atoms with E-state index in [2.05, 4.69) is 6.58 Å². The van der Waals surface area contributed by atoms with E-state index >= 15 is 0 Å². The standard InChI is InChI=1S/C11H21NO3/c1-5-6-14-8-9(2)7-11(3,4)15-10(12)13/h5,9H,1,6-8H2,2-4H3,(H2,12,13)/t9-/m1/s1. The molecule has 0 aromatic rings. The Labute approximate surface area is 91.4 Å². The average Bonchev–Trinajstić information content (AvgIpc) is 2.00. The third kappa shape index (κ3) is 8.00. The van der Waals surface area contributed by atoms with Gasteiger partial charge in [-0.2, -0.15) is 0 Å². The van der Waals surface area contributed by atoms with Crippen molar-refractivity contribution in [2.24, 2.45) is 11.7 Å². The van der Waals surface area contributed by atoms with Gasteiger partial charge in [-0.1, -0.05) is 13.0 Å². The molecular weight excluding hydrogens is 194 g/mol. The molecule has 0 radical (unpaired) electrons. The summed E-state index contributed by atoms with van der Waals surface area (Å²) in [5.41, 5.74) is 4.43. The third-order valence-corrected chi connectivity index (χ3v) is 1.85. The zero-order chi connectivity index (χ0) is 11.9. The third-order valence-electron chi connectivity index (χ3n) is 1.85. The van der Waals surface area contributed by atoms with Gasteiger partial charge in [-0.15, -0.1) is 6.58 Å². The minimum Gasteiger partial charge on any atom is -0.444 e. The molecule has 0 spiro atoms. The van der Waals surface area contributed by atoms with E-state index in [9.17, 15) is 4.79 Å². The minimum absolute atomic E-state index is 0.305.